The van der Waals surface area contributed by atoms with Gasteiger partial charge in [0.2, 0.25) is 0 Å². The lowest BCUT2D eigenvalue weighted by molar-refractivity contribution is 0.414. The highest BCUT2D eigenvalue weighted by molar-refractivity contribution is 9.10. The number of benzene rings is 2. The van der Waals surface area contributed by atoms with Crippen LogP contribution in [0.3, 0.4) is 0 Å². The molecule has 2 aromatic rings. The number of methoxy groups -OCH3 is 1. The van der Waals surface area contributed by atoms with Gasteiger partial charge >= 0.3 is 0 Å². The van der Waals surface area contributed by atoms with Crippen molar-refractivity contribution >= 4 is 15.9 Å². The van der Waals surface area contributed by atoms with Crippen molar-refractivity contribution in [2.45, 2.75) is 25.4 Å². The second-order valence-corrected chi connectivity index (χ2v) is 6.01. The van der Waals surface area contributed by atoms with Gasteiger partial charge < -0.3 is 10.1 Å². The van der Waals surface area contributed by atoms with E-state index in [2.05, 4.69) is 51.6 Å². The van der Waals surface area contributed by atoms with Crippen molar-refractivity contribution in [3.63, 3.8) is 0 Å². The highest BCUT2D eigenvalue weighted by Crippen LogP contribution is 2.33. The van der Waals surface area contributed by atoms with Crippen molar-refractivity contribution in [2.24, 2.45) is 0 Å². The van der Waals surface area contributed by atoms with Gasteiger partial charge in [0.1, 0.15) is 5.75 Å². The van der Waals surface area contributed by atoms with Gasteiger partial charge in [-0.3, -0.25) is 0 Å². The molecular formula is C17H18BrNO. The summed E-state index contributed by atoms with van der Waals surface area (Å²) in [6, 6.07) is 15.3. The fraction of sp³-hybridized carbons (Fsp3) is 0.294. The van der Waals surface area contributed by atoms with E-state index in [1.54, 1.807) is 7.11 Å². The minimum atomic E-state index is 0.702. The van der Waals surface area contributed by atoms with E-state index in [1.807, 2.05) is 12.1 Å². The normalized spacial score (nSPS) is 14.3. The zero-order chi connectivity index (χ0) is 13.9. The summed E-state index contributed by atoms with van der Waals surface area (Å²) in [7, 11) is 1.71. The van der Waals surface area contributed by atoms with Crippen molar-refractivity contribution < 1.29 is 4.74 Å². The standard InChI is InChI=1S/C17H18BrNO/c1-20-14-8-9-15(16-4-2-3-5-17(16)18)12(10-14)11-19-13-6-7-13/h2-5,8-10,13,19H,6-7,11H2,1H3. The fourth-order valence-corrected chi connectivity index (χ4v) is 2.83. The van der Waals surface area contributed by atoms with Crippen molar-refractivity contribution in [2.75, 3.05) is 7.11 Å². The van der Waals surface area contributed by atoms with Crippen LogP contribution in [-0.2, 0) is 6.54 Å². The summed E-state index contributed by atoms with van der Waals surface area (Å²) in [5.41, 5.74) is 3.76. The second kappa shape index (κ2) is 5.98. The van der Waals surface area contributed by atoms with Crippen LogP contribution in [0.25, 0.3) is 11.1 Å². The summed E-state index contributed by atoms with van der Waals surface area (Å²) in [5, 5.41) is 3.58. The number of rotatable bonds is 5. The van der Waals surface area contributed by atoms with Crippen LogP contribution < -0.4 is 10.1 Å². The maximum atomic E-state index is 5.36. The monoisotopic (exact) mass is 331 g/mol. The molecule has 2 aromatic carbocycles. The van der Waals surface area contributed by atoms with Crippen LogP contribution in [0, 0.1) is 0 Å². The maximum absolute atomic E-state index is 5.36. The van der Waals surface area contributed by atoms with E-state index in [0.717, 1.165) is 16.8 Å². The number of hydrogen-bond donors (Lipinski definition) is 1. The van der Waals surface area contributed by atoms with E-state index in [4.69, 9.17) is 4.74 Å². The molecule has 1 aliphatic rings. The molecule has 1 N–H and O–H groups in total. The van der Waals surface area contributed by atoms with Crippen LogP contribution in [0.1, 0.15) is 18.4 Å². The van der Waals surface area contributed by atoms with Crippen molar-refractivity contribution in [1.82, 2.24) is 5.32 Å². The smallest absolute Gasteiger partial charge is 0.119 e. The Labute approximate surface area is 128 Å². The van der Waals surface area contributed by atoms with E-state index in [9.17, 15) is 0 Å². The molecule has 104 valence electrons. The SMILES string of the molecule is COc1ccc(-c2ccccc2Br)c(CNC2CC2)c1. The fourth-order valence-electron chi connectivity index (χ4n) is 2.33. The molecule has 2 nitrogen and oxygen atoms in total. The predicted octanol–water partition coefficient (Wildman–Crippen LogP) is 4.38. The number of ether oxygens (including phenoxy) is 1. The summed E-state index contributed by atoms with van der Waals surface area (Å²) in [4.78, 5) is 0. The summed E-state index contributed by atoms with van der Waals surface area (Å²) < 4.78 is 6.48. The maximum Gasteiger partial charge on any atom is 0.119 e. The predicted molar refractivity (Wildman–Crippen MR) is 86.0 cm³/mol. The topological polar surface area (TPSA) is 21.3 Å². The van der Waals surface area contributed by atoms with Crippen LogP contribution in [-0.4, -0.2) is 13.2 Å². The van der Waals surface area contributed by atoms with Gasteiger partial charge in [0.25, 0.3) is 0 Å². The minimum Gasteiger partial charge on any atom is -0.497 e. The molecule has 0 saturated heterocycles. The van der Waals surface area contributed by atoms with Gasteiger partial charge in [-0.2, -0.15) is 0 Å². The van der Waals surface area contributed by atoms with Crippen LogP contribution in [0.15, 0.2) is 46.9 Å². The van der Waals surface area contributed by atoms with Gasteiger partial charge in [0.05, 0.1) is 7.11 Å². The molecule has 1 fully saturated rings. The van der Waals surface area contributed by atoms with Crippen LogP contribution in [0.2, 0.25) is 0 Å². The lowest BCUT2D eigenvalue weighted by Gasteiger charge is -2.13. The Morgan fingerprint density at radius 2 is 1.95 bits per heavy atom. The first-order chi connectivity index (χ1) is 9.78. The van der Waals surface area contributed by atoms with E-state index in [1.165, 1.54) is 29.5 Å². The second-order valence-electron chi connectivity index (χ2n) is 5.16. The summed E-state index contributed by atoms with van der Waals surface area (Å²) in [5.74, 6) is 0.911. The molecule has 0 bridgehead atoms. The zero-order valence-electron chi connectivity index (χ0n) is 11.5. The minimum absolute atomic E-state index is 0.702. The lowest BCUT2D eigenvalue weighted by Crippen LogP contribution is -2.16. The van der Waals surface area contributed by atoms with Crippen molar-refractivity contribution in [1.29, 1.82) is 0 Å². The number of nitrogens with one attached hydrogen (secondary N) is 1. The first kappa shape index (κ1) is 13.7. The van der Waals surface area contributed by atoms with Crippen LogP contribution >= 0.6 is 15.9 Å². The molecule has 3 rings (SSSR count). The molecule has 1 aliphatic carbocycles. The zero-order valence-corrected chi connectivity index (χ0v) is 13.1. The first-order valence-electron chi connectivity index (χ1n) is 6.93. The van der Waals surface area contributed by atoms with Crippen molar-refractivity contribution in [3.8, 4) is 16.9 Å². The van der Waals surface area contributed by atoms with E-state index in [-0.39, 0.29) is 0 Å². The Kier molecular flexibility index (Phi) is 4.08. The van der Waals surface area contributed by atoms with Gasteiger partial charge in [-0.15, -0.1) is 0 Å². The Morgan fingerprint density at radius 1 is 1.15 bits per heavy atom. The Bertz CT molecular complexity index is 608. The molecule has 1 saturated carbocycles. The quantitative estimate of drug-likeness (QED) is 0.877. The molecule has 0 aromatic heterocycles. The van der Waals surface area contributed by atoms with E-state index in [0.29, 0.717) is 6.04 Å². The molecule has 3 heteroatoms. The third kappa shape index (κ3) is 3.05. The highest BCUT2D eigenvalue weighted by atomic mass is 79.9. The molecule has 0 spiro atoms. The lowest BCUT2D eigenvalue weighted by atomic mass is 9.99. The van der Waals surface area contributed by atoms with Crippen LogP contribution in [0.4, 0.5) is 0 Å². The number of hydrogen-bond acceptors (Lipinski definition) is 2. The molecule has 0 atom stereocenters. The van der Waals surface area contributed by atoms with Gasteiger partial charge in [-0.1, -0.05) is 40.2 Å². The molecule has 20 heavy (non-hydrogen) atoms. The molecule has 0 heterocycles. The summed E-state index contributed by atoms with van der Waals surface area (Å²) in [6.07, 6.45) is 2.60. The molecule has 0 unspecified atom stereocenters. The van der Waals surface area contributed by atoms with Crippen LogP contribution in [0.5, 0.6) is 5.75 Å². The highest BCUT2D eigenvalue weighted by Gasteiger charge is 2.21. The third-order valence-corrected chi connectivity index (χ3v) is 4.33. The van der Waals surface area contributed by atoms with Gasteiger partial charge in [0.15, 0.2) is 0 Å². The average molecular weight is 332 g/mol. The summed E-state index contributed by atoms with van der Waals surface area (Å²) >= 11 is 3.64. The number of halogens is 1. The Hall–Kier alpha value is -1.32. The van der Waals surface area contributed by atoms with Gasteiger partial charge in [-0.05, 0) is 47.7 Å². The average Bonchev–Trinajstić information content (AvgIpc) is 3.30. The largest absolute Gasteiger partial charge is 0.497 e. The van der Waals surface area contributed by atoms with E-state index >= 15 is 0 Å². The van der Waals surface area contributed by atoms with Crippen molar-refractivity contribution in [3.05, 3.63) is 52.5 Å². The van der Waals surface area contributed by atoms with E-state index < -0.39 is 0 Å². The Balaban J connectivity index is 1.97. The Morgan fingerprint density at radius 3 is 2.65 bits per heavy atom. The molecule has 0 amide bonds. The molecular weight excluding hydrogens is 314 g/mol. The molecule has 0 radical (unpaired) electrons. The summed E-state index contributed by atoms with van der Waals surface area (Å²) in [6.45, 7) is 0.887. The van der Waals surface area contributed by atoms with Gasteiger partial charge in [0, 0.05) is 17.1 Å². The molecule has 0 aliphatic heterocycles. The third-order valence-electron chi connectivity index (χ3n) is 3.63. The van der Waals surface area contributed by atoms with Gasteiger partial charge in [-0.25, -0.2) is 0 Å². The first-order valence-corrected chi connectivity index (χ1v) is 7.72.